The van der Waals surface area contributed by atoms with Crippen molar-refractivity contribution in [3.05, 3.63) is 28.8 Å². The van der Waals surface area contributed by atoms with E-state index in [1.807, 2.05) is 6.92 Å². The van der Waals surface area contributed by atoms with Crippen LogP contribution in [-0.4, -0.2) is 20.9 Å². The monoisotopic (exact) mass is 309 g/mol. The first kappa shape index (κ1) is 15.3. The number of carbonyl (C=O) groups excluding carboxylic acids is 1. The Hall–Kier alpha value is -0.780. The first-order valence-electron chi connectivity index (χ1n) is 5.38. The van der Waals surface area contributed by atoms with Crippen molar-refractivity contribution in [2.45, 2.75) is 24.7 Å². The molecule has 0 spiro atoms. The van der Waals surface area contributed by atoms with Crippen LogP contribution in [0.4, 0.5) is 0 Å². The van der Waals surface area contributed by atoms with Crippen molar-refractivity contribution in [3.63, 3.8) is 0 Å². The van der Waals surface area contributed by atoms with E-state index >= 15 is 0 Å². The van der Waals surface area contributed by atoms with E-state index in [2.05, 4.69) is 5.32 Å². The van der Waals surface area contributed by atoms with E-state index in [1.165, 1.54) is 18.2 Å². The highest BCUT2D eigenvalue weighted by Crippen LogP contribution is 2.21. The molecule has 0 aliphatic rings. The Morgan fingerprint density at radius 1 is 1.33 bits per heavy atom. The molecule has 18 heavy (non-hydrogen) atoms. The van der Waals surface area contributed by atoms with Crippen molar-refractivity contribution in [2.24, 2.45) is 0 Å². The highest BCUT2D eigenvalue weighted by molar-refractivity contribution is 8.13. The van der Waals surface area contributed by atoms with Crippen molar-refractivity contribution in [2.75, 3.05) is 6.54 Å². The molecule has 0 radical (unpaired) electrons. The molecule has 7 heteroatoms. The second-order valence-corrected chi connectivity index (χ2v) is 6.73. The van der Waals surface area contributed by atoms with E-state index in [0.29, 0.717) is 6.54 Å². The van der Waals surface area contributed by atoms with Crippen LogP contribution < -0.4 is 5.32 Å². The molecule has 0 heterocycles. The Kier molecular flexibility index (Phi) is 5.44. The van der Waals surface area contributed by atoms with Crippen LogP contribution in [0.25, 0.3) is 0 Å². The molecule has 0 unspecified atom stereocenters. The maximum atomic E-state index is 11.7. The first-order valence-corrected chi connectivity index (χ1v) is 8.06. The summed E-state index contributed by atoms with van der Waals surface area (Å²) >= 11 is 5.76. The van der Waals surface area contributed by atoms with Gasteiger partial charge in [-0.3, -0.25) is 4.79 Å². The maximum Gasteiger partial charge on any atom is 0.261 e. The summed E-state index contributed by atoms with van der Waals surface area (Å²) in [5.41, 5.74) is 0.179. The van der Waals surface area contributed by atoms with Crippen molar-refractivity contribution in [1.29, 1.82) is 0 Å². The summed E-state index contributed by atoms with van der Waals surface area (Å²) in [6, 6.07) is 3.80. The van der Waals surface area contributed by atoms with Crippen LogP contribution in [0, 0.1) is 0 Å². The van der Waals surface area contributed by atoms with Gasteiger partial charge in [-0.25, -0.2) is 8.42 Å². The van der Waals surface area contributed by atoms with Gasteiger partial charge in [0.05, 0.1) is 4.90 Å². The Morgan fingerprint density at radius 3 is 2.56 bits per heavy atom. The lowest BCUT2D eigenvalue weighted by Crippen LogP contribution is -2.24. The molecule has 0 aliphatic carbocycles. The lowest BCUT2D eigenvalue weighted by atomic mass is 10.2. The number of hydrogen-bond donors (Lipinski definition) is 1. The number of rotatable bonds is 5. The molecule has 1 aromatic carbocycles. The second kappa shape index (κ2) is 6.41. The third-order valence-corrected chi connectivity index (χ3v) is 3.78. The summed E-state index contributed by atoms with van der Waals surface area (Å²) < 4.78 is 22.4. The smallest absolute Gasteiger partial charge is 0.261 e. The second-order valence-electron chi connectivity index (χ2n) is 3.72. The van der Waals surface area contributed by atoms with Gasteiger partial charge in [0, 0.05) is 27.8 Å². The van der Waals surface area contributed by atoms with Gasteiger partial charge >= 0.3 is 0 Å². The summed E-state index contributed by atoms with van der Waals surface area (Å²) in [6.45, 7) is 2.54. The number of nitrogens with one attached hydrogen (secondary N) is 1. The summed E-state index contributed by atoms with van der Waals surface area (Å²) in [5.74, 6) is -0.368. The van der Waals surface area contributed by atoms with Gasteiger partial charge in [0.2, 0.25) is 0 Å². The molecule has 1 aromatic rings. The SMILES string of the molecule is CCCCNC(=O)c1cc(Cl)cc(S(=O)(=O)Cl)c1. The van der Waals surface area contributed by atoms with Crippen LogP contribution in [0.15, 0.2) is 23.1 Å². The van der Waals surface area contributed by atoms with Gasteiger partial charge < -0.3 is 5.32 Å². The van der Waals surface area contributed by atoms with Crippen molar-refractivity contribution in [1.82, 2.24) is 5.32 Å². The fourth-order valence-electron chi connectivity index (χ4n) is 1.32. The summed E-state index contributed by atoms with van der Waals surface area (Å²) in [6.07, 6.45) is 1.81. The number of hydrogen-bond acceptors (Lipinski definition) is 3. The third kappa shape index (κ3) is 4.48. The molecule has 1 N–H and O–H groups in total. The van der Waals surface area contributed by atoms with Gasteiger partial charge in [0.1, 0.15) is 0 Å². The fourth-order valence-corrected chi connectivity index (χ4v) is 2.42. The Morgan fingerprint density at radius 2 is 2.00 bits per heavy atom. The molecule has 0 aliphatic heterocycles. The Labute approximate surface area is 116 Å². The minimum Gasteiger partial charge on any atom is -0.352 e. The molecule has 0 fully saturated rings. The Balaban J connectivity index is 2.96. The van der Waals surface area contributed by atoms with Crippen molar-refractivity contribution < 1.29 is 13.2 Å². The predicted octanol–water partition coefficient (Wildman–Crippen LogP) is 2.80. The van der Waals surface area contributed by atoms with E-state index in [1.54, 1.807) is 0 Å². The van der Waals surface area contributed by atoms with Crippen LogP contribution in [0.5, 0.6) is 0 Å². The highest BCUT2D eigenvalue weighted by Gasteiger charge is 2.15. The molecule has 0 aromatic heterocycles. The normalized spacial score (nSPS) is 11.3. The molecule has 1 rings (SSSR count). The van der Waals surface area contributed by atoms with Crippen molar-refractivity contribution in [3.8, 4) is 0 Å². The topological polar surface area (TPSA) is 63.2 Å². The average Bonchev–Trinajstić information content (AvgIpc) is 2.27. The quantitative estimate of drug-likeness (QED) is 0.672. The Bertz CT molecular complexity index is 543. The van der Waals surface area contributed by atoms with Gasteiger partial charge in [-0.15, -0.1) is 0 Å². The zero-order valence-corrected chi connectivity index (χ0v) is 12.1. The third-order valence-electron chi connectivity index (χ3n) is 2.23. The summed E-state index contributed by atoms with van der Waals surface area (Å²) in [4.78, 5) is 11.6. The highest BCUT2D eigenvalue weighted by atomic mass is 35.7. The molecular weight excluding hydrogens is 297 g/mol. The average molecular weight is 310 g/mol. The molecule has 0 atom stereocenters. The number of unbranched alkanes of at least 4 members (excludes halogenated alkanes) is 1. The largest absolute Gasteiger partial charge is 0.352 e. The standard InChI is InChI=1S/C11H13Cl2NO3S/c1-2-3-4-14-11(15)8-5-9(12)7-10(6-8)18(13,16)17/h5-7H,2-4H2,1H3,(H,14,15). The van der Waals surface area contributed by atoms with Gasteiger partial charge in [0.15, 0.2) is 0 Å². The maximum absolute atomic E-state index is 11.7. The minimum atomic E-state index is -3.90. The predicted molar refractivity (Wildman–Crippen MR) is 71.7 cm³/mol. The van der Waals surface area contributed by atoms with Gasteiger partial charge in [-0.1, -0.05) is 24.9 Å². The molecule has 0 bridgehead atoms. The van der Waals surface area contributed by atoms with Crippen LogP contribution in [0.2, 0.25) is 5.02 Å². The minimum absolute atomic E-state index is 0.150. The lowest BCUT2D eigenvalue weighted by Gasteiger charge is -2.06. The van der Waals surface area contributed by atoms with Crippen LogP contribution in [0.3, 0.4) is 0 Å². The number of halogens is 2. The molecule has 1 amide bonds. The number of benzene rings is 1. The van der Waals surface area contributed by atoms with E-state index in [-0.39, 0.29) is 21.4 Å². The van der Waals surface area contributed by atoms with Crippen LogP contribution in [0.1, 0.15) is 30.1 Å². The van der Waals surface area contributed by atoms with Crippen molar-refractivity contribution >= 4 is 37.2 Å². The van der Waals surface area contributed by atoms with E-state index in [4.69, 9.17) is 22.3 Å². The van der Waals surface area contributed by atoms with Gasteiger partial charge in [0.25, 0.3) is 15.0 Å². The molecule has 100 valence electrons. The molecular formula is C11H13Cl2NO3S. The fraction of sp³-hybridized carbons (Fsp3) is 0.364. The zero-order valence-electron chi connectivity index (χ0n) is 9.74. The van der Waals surface area contributed by atoms with Gasteiger partial charge in [-0.2, -0.15) is 0 Å². The van der Waals surface area contributed by atoms with E-state index < -0.39 is 9.05 Å². The van der Waals surface area contributed by atoms with E-state index in [9.17, 15) is 13.2 Å². The molecule has 0 saturated carbocycles. The molecule has 0 saturated heterocycles. The van der Waals surface area contributed by atoms with Gasteiger partial charge in [-0.05, 0) is 24.6 Å². The van der Waals surface area contributed by atoms with E-state index in [0.717, 1.165) is 12.8 Å². The molecule has 4 nitrogen and oxygen atoms in total. The first-order chi connectivity index (χ1) is 8.34. The summed E-state index contributed by atoms with van der Waals surface area (Å²) in [7, 11) is 1.32. The number of carbonyl (C=O) groups is 1. The van der Waals surface area contributed by atoms with Crippen LogP contribution >= 0.6 is 22.3 Å². The lowest BCUT2D eigenvalue weighted by molar-refractivity contribution is 0.0953. The number of amides is 1. The van der Waals surface area contributed by atoms with Crippen LogP contribution in [-0.2, 0) is 9.05 Å². The zero-order chi connectivity index (χ0) is 13.8. The summed E-state index contributed by atoms with van der Waals surface area (Å²) in [5, 5.41) is 2.82.